The predicted octanol–water partition coefficient (Wildman–Crippen LogP) is 2.48. The van der Waals surface area contributed by atoms with Gasteiger partial charge in [-0.15, -0.1) is 0 Å². The summed E-state index contributed by atoms with van der Waals surface area (Å²) in [5, 5.41) is 0. The Balaban J connectivity index is 2.30. The average Bonchev–Trinajstić information content (AvgIpc) is 2.44. The number of ether oxygens (including phenoxy) is 1. The largest absolute Gasteiger partial charge is 0.457 e. The molecule has 0 aliphatic rings. The van der Waals surface area contributed by atoms with E-state index in [1.165, 1.54) is 11.1 Å². The van der Waals surface area contributed by atoms with Gasteiger partial charge in [0.2, 0.25) is 0 Å². The minimum atomic E-state index is 0.604. The van der Waals surface area contributed by atoms with Crippen LogP contribution >= 0.6 is 0 Å². The summed E-state index contributed by atoms with van der Waals surface area (Å²) in [5.41, 5.74) is 13.7. The van der Waals surface area contributed by atoms with Crippen LogP contribution in [0.25, 0.3) is 0 Å². The summed E-state index contributed by atoms with van der Waals surface area (Å²) in [4.78, 5) is 0. The summed E-state index contributed by atoms with van der Waals surface area (Å²) in [6.45, 7) is 1.24. The molecule has 2 rings (SSSR count). The molecular weight excluding hydrogens is 236 g/mol. The van der Waals surface area contributed by atoms with E-state index in [9.17, 15) is 0 Å². The molecule has 0 aliphatic carbocycles. The molecule has 0 saturated heterocycles. The Morgan fingerprint density at radius 1 is 0.789 bits per heavy atom. The van der Waals surface area contributed by atoms with Gasteiger partial charge in [0.1, 0.15) is 11.5 Å². The van der Waals surface area contributed by atoms with Gasteiger partial charge in [-0.05, 0) is 55.3 Å². The van der Waals surface area contributed by atoms with Crippen molar-refractivity contribution in [3.63, 3.8) is 0 Å². The summed E-state index contributed by atoms with van der Waals surface area (Å²) in [5.74, 6) is 1.72. The molecule has 2 aromatic rings. The predicted molar refractivity (Wildman–Crippen MR) is 78.5 cm³/mol. The molecule has 2 aromatic carbocycles. The van der Waals surface area contributed by atoms with Gasteiger partial charge in [-0.2, -0.15) is 0 Å². The second-order valence-corrected chi connectivity index (χ2v) is 4.39. The van der Waals surface area contributed by atoms with Crippen molar-refractivity contribution in [3.05, 3.63) is 59.7 Å². The Hall–Kier alpha value is -1.84. The fourth-order valence-corrected chi connectivity index (χ4v) is 2.14. The first-order valence-corrected chi connectivity index (χ1v) is 6.59. The van der Waals surface area contributed by atoms with Crippen molar-refractivity contribution in [2.75, 3.05) is 13.1 Å². The molecule has 0 unspecified atom stereocenters. The van der Waals surface area contributed by atoms with Gasteiger partial charge >= 0.3 is 0 Å². The standard InChI is InChI=1S/C16H20N2O/c17-11-9-13-5-4-8-16(15(13)10-12-18)19-14-6-2-1-3-7-14/h1-8H,9-12,17-18H2. The van der Waals surface area contributed by atoms with Gasteiger partial charge in [-0.3, -0.25) is 0 Å². The topological polar surface area (TPSA) is 61.3 Å². The molecular formula is C16H20N2O. The zero-order chi connectivity index (χ0) is 13.5. The summed E-state index contributed by atoms with van der Waals surface area (Å²) in [6.07, 6.45) is 1.65. The van der Waals surface area contributed by atoms with Gasteiger partial charge < -0.3 is 16.2 Å². The molecule has 3 nitrogen and oxygen atoms in total. The van der Waals surface area contributed by atoms with Crippen LogP contribution in [0.15, 0.2) is 48.5 Å². The van der Waals surface area contributed by atoms with Gasteiger partial charge in [0, 0.05) is 0 Å². The monoisotopic (exact) mass is 256 g/mol. The van der Waals surface area contributed by atoms with Gasteiger partial charge in [-0.25, -0.2) is 0 Å². The molecule has 0 amide bonds. The maximum Gasteiger partial charge on any atom is 0.130 e. The lowest BCUT2D eigenvalue weighted by atomic mass is 10.0. The van der Waals surface area contributed by atoms with E-state index in [-0.39, 0.29) is 0 Å². The fourth-order valence-electron chi connectivity index (χ4n) is 2.14. The van der Waals surface area contributed by atoms with Crippen molar-refractivity contribution >= 4 is 0 Å². The van der Waals surface area contributed by atoms with Crippen LogP contribution in [-0.2, 0) is 12.8 Å². The molecule has 0 fully saturated rings. The average molecular weight is 256 g/mol. The van der Waals surface area contributed by atoms with Crippen molar-refractivity contribution in [2.45, 2.75) is 12.8 Å². The van der Waals surface area contributed by atoms with E-state index in [1.54, 1.807) is 0 Å². The smallest absolute Gasteiger partial charge is 0.130 e. The van der Waals surface area contributed by atoms with Crippen LogP contribution in [-0.4, -0.2) is 13.1 Å². The highest BCUT2D eigenvalue weighted by Crippen LogP contribution is 2.28. The Morgan fingerprint density at radius 3 is 2.21 bits per heavy atom. The maximum absolute atomic E-state index is 5.95. The number of hydrogen-bond donors (Lipinski definition) is 2. The zero-order valence-corrected chi connectivity index (χ0v) is 11.0. The first-order chi connectivity index (χ1) is 9.35. The van der Waals surface area contributed by atoms with E-state index in [0.29, 0.717) is 13.1 Å². The van der Waals surface area contributed by atoms with Crippen molar-refractivity contribution in [2.24, 2.45) is 11.5 Å². The Labute approximate surface area is 114 Å². The van der Waals surface area contributed by atoms with E-state index < -0.39 is 0 Å². The molecule has 0 spiro atoms. The van der Waals surface area contributed by atoms with E-state index >= 15 is 0 Å². The minimum absolute atomic E-state index is 0.604. The Morgan fingerprint density at radius 2 is 1.53 bits per heavy atom. The summed E-state index contributed by atoms with van der Waals surface area (Å²) in [7, 11) is 0. The second-order valence-electron chi connectivity index (χ2n) is 4.39. The molecule has 0 aromatic heterocycles. The molecule has 19 heavy (non-hydrogen) atoms. The molecule has 0 atom stereocenters. The maximum atomic E-state index is 5.95. The van der Waals surface area contributed by atoms with E-state index in [1.807, 2.05) is 42.5 Å². The highest BCUT2D eigenvalue weighted by Gasteiger charge is 2.09. The van der Waals surface area contributed by atoms with E-state index in [4.69, 9.17) is 16.2 Å². The summed E-state index contributed by atoms with van der Waals surface area (Å²) < 4.78 is 5.95. The molecule has 0 radical (unpaired) electrons. The van der Waals surface area contributed by atoms with Crippen LogP contribution in [0.4, 0.5) is 0 Å². The van der Waals surface area contributed by atoms with E-state index in [2.05, 4.69) is 6.07 Å². The SMILES string of the molecule is NCCc1cccc(Oc2ccccc2)c1CCN. The van der Waals surface area contributed by atoms with E-state index in [0.717, 1.165) is 24.3 Å². The first kappa shape index (κ1) is 13.6. The van der Waals surface area contributed by atoms with Gasteiger partial charge in [0.05, 0.1) is 0 Å². The summed E-state index contributed by atoms with van der Waals surface area (Å²) in [6, 6.07) is 15.9. The number of para-hydroxylation sites is 1. The third-order valence-corrected chi connectivity index (χ3v) is 3.01. The van der Waals surface area contributed by atoms with Crippen LogP contribution in [0.3, 0.4) is 0 Å². The molecule has 3 heteroatoms. The van der Waals surface area contributed by atoms with Crippen molar-refractivity contribution in [3.8, 4) is 11.5 Å². The van der Waals surface area contributed by atoms with Crippen LogP contribution in [0.2, 0.25) is 0 Å². The van der Waals surface area contributed by atoms with Gasteiger partial charge in [0.25, 0.3) is 0 Å². The lowest BCUT2D eigenvalue weighted by molar-refractivity contribution is 0.475. The lowest BCUT2D eigenvalue weighted by Crippen LogP contribution is -2.10. The van der Waals surface area contributed by atoms with Crippen LogP contribution in [0, 0.1) is 0 Å². The molecule has 0 aliphatic heterocycles. The molecule has 4 N–H and O–H groups in total. The number of rotatable bonds is 6. The number of nitrogens with two attached hydrogens (primary N) is 2. The Kier molecular flexibility index (Phi) is 4.95. The number of benzene rings is 2. The lowest BCUT2D eigenvalue weighted by Gasteiger charge is -2.14. The first-order valence-electron chi connectivity index (χ1n) is 6.59. The third-order valence-electron chi connectivity index (χ3n) is 3.01. The molecule has 0 bridgehead atoms. The van der Waals surface area contributed by atoms with Gasteiger partial charge in [0.15, 0.2) is 0 Å². The highest BCUT2D eigenvalue weighted by molar-refractivity contribution is 5.43. The number of hydrogen-bond acceptors (Lipinski definition) is 3. The van der Waals surface area contributed by atoms with Crippen molar-refractivity contribution in [1.82, 2.24) is 0 Å². The van der Waals surface area contributed by atoms with Crippen molar-refractivity contribution < 1.29 is 4.74 Å². The fraction of sp³-hybridized carbons (Fsp3) is 0.250. The van der Waals surface area contributed by atoms with Gasteiger partial charge in [-0.1, -0.05) is 30.3 Å². The molecule has 0 heterocycles. The minimum Gasteiger partial charge on any atom is -0.457 e. The van der Waals surface area contributed by atoms with Crippen LogP contribution in [0.1, 0.15) is 11.1 Å². The summed E-state index contributed by atoms with van der Waals surface area (Å²) >= 11 is 0. The van der Waals surface area contributed by atoms with Crippen LogP contribution in [0.5, 0.6) is 11.5 Å². The molecule has 0 saturated carbocycles. The van der Waals surface area contributed by atoms with Crippen LogP contribution < -0.4 is 16.2 Å². The zero-order valence-electron chi connectivity index (χ0n) is 11.0. The normalized spacial score (nSPS) is 10.4. The Bertz CT molecular complexity index is 511. The quantitative estimate of drug-likeness (QED) is 0.834. The highest BCUT2D eigenvalue weighted by atomic mass is 16.5. The third kappa shape index (κ3) is 3.56. The second kappa shape index (κ2) is 6.92. The molecule has 100 valence electrons. The van der Waals surface area contributed by atoms with Crippen molar-refractivity contribution in [1.29, 1.82) is 0 Å².